The third kappa shape index (κ3) is 2.60. The SMILES string of the molecule is Cc1nc(C)c(C(Cc2nc3ccccc3s2)NN)s1. The van der Waals surface area contributed by atoms with Gasteiger partial charge in [-0.25, -0.2) is 9.97 Å². The third-order valence-corrected chi connectivity index (χ3v) is 5.42. The van der Waals surface area contributed by atoms with Gasteiger partial charge < -0.3 is 0 Å². The number of fused-ring (bicyclic) bond motifs is 1. The molecule has 104 valence electrons. The topological polar surface area (TPSA) is 63.8 Å². The standard InChI is InChI=1S/C14H16N4S2/c1-8-14(19-9(2)16-8)11(18-15)7-13-17-10-5-3-4-6-12(10)20-13/h3-6,11,18H,7,15H2,1-2H3. The van der Waals surface area contributed by atoms with Gasteiger partial charge in [-0.2, -0.15) is 0 Å². The number of hydrogen-bond acceptors (Lipinski definition) is 6. The Morgan fingerprint density at radius 2 is 2.00 bits per heavy atom. The molecule has 4 nitrogen and oxygen atoms in total. The van der Waals surface area contributed by atoms with E-state index < -0.39 is 0 Å². The van der Waals surface area contributed by atoms with E-state index in [1.54, 1.807) is 22.7 Å². The summed E-state index contributed by atoms with van der Waals surface area (Å²) in [6.45, 7) is 4.05. The maximum absolute atomic E-state index is 5.73. The molecule has 1 atom stereocenters. The predicted octanol–water partition coefficient (Wildman–Crippen LogP) is 3.12. The number of benzene rings is 1. The molecule has 0 aliphatic carbocycles. The Morgan fingerprint density at radius 1 is 1.20 bits per heavy atom. The van der Waals surface area contributed by atoms with Gasteiger partial charge in [-0.05, 0) is 26.0 Å². The smallest absolute Gasteiger partial charge is 0.0958 e. The Bertz CT molecular complexity index is 699. The lowest BCUT2D eigenvalue weighted by Crippen LogP contribution is -2.29. The molecule has 2 heterocycles. The summed E-state index contributed by atoms with van der Waals surface area (Å²) in [5, 5.41) is 2.17. The van der Waals surface area contributed by atoms with Crippen LogP contribution in [0.15, 0.2) is 24.3 Å². The van der Waals surface area contributed by atoms with Crippen LogP contribution in [0.5, 0.6) is 0 Å². The molecule has 1 aromatic carbocycles. The molecule has 0 fully saturated rings. The monoisotopic (exact) mass is 304 g/mol. The summed E-state index contributed by atoms with van der Waals surface area (Å²) in [5.41, 5.74) is 5.01. The maximum Gasteiger partial charge on any atom is 0.0958 e. The van der Waals surface area contributed by atoms with Gasteiger partial charge in [0, 0.05) is 11.3 Å². The number of hydrazine groups is 1. The second-order valence-electron chi connectivity index (χ2n) is 4.68. The largest absolute Gasteiger partial charge is 0.271 e. The molecular weight excluding hydrogens is 288 g/mol. The number of nitrogens with two attached hydrogens (primary N) is 1. The van der Waals surface area contributed by atoms with E-state index in [9.17, 15) is 0 Å². The Kier molecular flexibility index (Phi) is 3.80. The maximum atomic E-state index is 5.73. The van der Waals surface area contributed by atoms with Gasteiger partial charge in [-0.1, -0.05) is 12.1 Å². The molecule has 0 bridgehead atoms. The molecule has 0 radical (unpaired) electrons. The van der Waals surface area contributed by atoms with Crippen molar-refractivity contribution in [3.8, 4) is 0 Å². The number of aromatic nitrogens is 2. The van der Waals surface area contributed by atoms with Crippen LogP contribution >= 0.6 is 22.7 Å². The predicted molar refractivity (Wildman–Crippen MR) is 85.0 cm³/mol. The zero-order valence-corrected chi connectivity index (χ0v) is 13.0. The highest BCUT2D eigenvalue weighted by Gasteiger charge is 2.18. The minimum Gasteiger partial charge on any atom is -0.271 e. The van der Waals surface area contributed by atoms with Crippen molar-refractivity contribution < 1.29 is 0 Å². The number of rotatable bonds is 4. The van der Waals surface area contributed by atoms with Crippen LogP contribution in [0.2, 0.25) is 0 Å². The van der Waals surface area contributed by atoms with Crippen molar-refractivity contribution in [1.29, 1.82) is 0 Å². The Balaban J connectivity index is 1.89. The Morgan fingerprint density at radius 3 is 2.65 bits per heavy atom. The molecule has 0 spiro atoms. The lowest BCUT2D eigenvalue weighted by Gasteiger charge is -2.12. The van der Waals surface area contributed by atoms with Crippen LogP contribution in [0.3, 0.4) is 0 Å². The molecule has 0 saturated heterocycles. The molecule has 1 unspecified atom stereocenters. The fraction of sp³-hybridized carbons (Fsp3) is 0.286. The van der Waals surface area contributed by atoms with E-state index in [1.165, 1.54) is 9.58 Å². The number of para-hydroxylation sites is 1. The number of nitrogens with one attached hydrogen (secondary N) is 1. The van der Waals surface area contributed by atoms with Crippen molar-refractivity contribution in [3.05, 3.63) is 44.9 Å². The number of nitrogens with zero attached hydrogens (tertiary/aromatic N) is 2. The first kappa shape index (κ1) is 13.6. The van der Waals surface area contributed by atoms with E-state index in [2.05, 4.69) is 21.5 Å². The minimum atomic E-state index is 0.0711. The van der Waals surface area contributed by atoms with E-state index in [0.717, 1.165) is 27.6 Å². The molecule has 3 N–H and O–H groups in total. The average molecular weight is 304 g/mol. The number of hydrogen-bond donors (Lipinski definition) is 2. The van der Waals surface area contributed by atoms with Gasteiger partial charge in [-0.3, -0.25) is 11.3 Å². The highest BCUT2D eigenvalue weighted by Crippen LogP contribution is 2.30. The van der Waals surface area contributed by atoms with Crippen molar-refractivity contribution in [2.24, 2.45) is 5.84 Å². The molecule has 0 saturated carbocycles. The number of aryl methyl sites for hydroxylation is 2. The van der Waals surface area contributed by atoms with Crippen LogP contribution < -0.4 is 11.3 Å². The van der Waals surface area contributed by atoms with Crippen molar-refractivity contribution >= 4 is 32.9 Å². The molecule has 2 aromatic heterocycles. The molecular formula is C14H16N4S2. The second-order valence-corrected chi connectivity index (χ2v) is 7.03. The van der Waals surface area contributed by atoms with Gasteiger partial charge >= 0.3 is 0 Å². The summed E-state index contributed by atoms with van der Waals surface area (Å²) in [6.07, 6.45) is 0.790. The van der Waals surface area contributed by atoms with E-state index >= 15 is 0 Å². The van der Waals surface area contributed by atoms with Crippen molar-refractivity contribution in [1.82, 2.24) is 15.4 Å². The molecule has 0 aliphatic heterocycles. The zero-order chi connectivity index (χ0) is 14.1. The van der Waals surface area contributed by atoms with Crippen LogP contribution in [0.25, 0.3) is 10.2 Å². The highest BCUT2D eigenvalue weighted by atomic mass is 32.1. The average Bonchev–Trinajstić information content (AvgIpc) is 2.98. The van der Waals surface area contributed by atoms with Gasteiger partial charge in [-0.15, -0.1) is 22.7 Å². The van der Waals surface area contributed by atoms with Gasteiger partial charge in [0.05, 0.1) is 32.0 Å². The van der Waals surface area contributed by atoms with E-state index in [4.69, 9.17) is 5.84 Å². The molecule has 0 amide bonds. The van der Waals surface area contributed by atoms with Crippen molar-refractivity contribution in [2.45, 2.75) is 26.3 Å². The van der Waals surface area contributed by atoms with E-state index in [1.807, 2.05) is 32.0 Å². The second kappa shape index (κ2) is 5.57. The van der Waals surface area contributed by atoms with Crippen molar-refractivity contribution in [3.63, 3.8) is 0 Å². The van der Waals surface area contributed by atoms with Crippen LogP contribution in [-0.2, 0) is 6.42 Å². The lowest BCUT2D eigenvalue weighted by atomic mass is 10.1. The zero-order valence-electron chi connectivity index (χ0n) is 11.4. The number of thiazole rings is 2. The van der Waals surface area contributed by atoms with Gasteiger partial charge in [0.2, 0.25) is 0 Å². The van der Waals surface area contributed by atoms with Gasteiger partial charge in [0.1, 0.15) is 0 Å². The summed E-state index contributed by atoms with van der Waals surface area (Å²) in [4.78, 5) is 10.3. The van der Waals surface area contributed by atoms with E-state index in [0.29, 0.717) is 0 Å². The van der Waals surface area contributed by atoms with Crippen LogP contribution in [0.4, 0.5) is 0 Å². The minimum absolute atomic E-state index is 0.0711. The summed E-state index contributed by atoms with van der Waals surface area (Å²) >= 11 is 3.42. The summed E-state index contributed by atoms with van der Waals surface area (Å²) in [6, 6.07) is 8.27. The third-order valence-electron chi connectivity index (χ3n) is 3.17. The quantitative estimate of drug-likeness (QED) is 0.574. The fourth-order valence-corrected chi connectivity index (χ4v) is 4.28. The first-order chi connectivity index (χ1) is 9.67. The fourth-order valence-electron chi connectivity index (χ4n) is 2.28. The van der Waals surface area contributed by atoms with Gasteiger partial charge in [0.25, 0.3) is 0 Å². The molecule has 3 rings (SSSR count). The Labute approximate surface area is 125 Å². The summed E-state index contributed by atoms with van der Waals surface area (Å²) in [5.74, 6) is 5.73. The molecule has 20 heavy (non-hydrogen) atoms. The highest BCUT2D eigenvalue weighted by molar-refractivity contribution is 7.18. The van der Waals surface area contributed by atoms with Crippen molar-refractivity contribution in [2.75, 3.05) is 0 Å². The van der Waals surface area contributed by atoms with Crippen LogP contribution in [0.1, 0.15) is 26.6 Å². The Hall–Kier alpha value is -1.34. The van der Waals surface area contributed by atoms with E-state index in [-0.39, 0.29) is 6.04 Å². The first-order valence-corrected chi connectivity index (χ1v) is 8.05. The normalized spacial score (nSPS) is 12.9. The molecule has 6 heteroatoms. The molecule has 0 aliphatic rings. The van der Waals surface area contributed by atoms with Crippen LogP contribution in [-0.4, -0.2) is 9.97 Å². The first-order valence-electron chi connectivity index (χ1n) is 6.42. The van der Waals surface area contributed by atoms with Crippen LogP contribution in [0, 0.1) is 13.8 Å². The summed E-state index contributed by atoms with van der Waals surface area (Å²) in [7, 11) is 0. The van der Waals surface area contributed by atoms with Gasteiger partial charge in [0.15, 0.2) is 0 Å². The summed E-state index contributed by atoms with van der Waals surface area (Å²) < 4.78 is 1.22. The lowest BCUT2D eigenvalue weighted by molar-refractivity contribution is 0.556. The molecule has 3 aromatic rings.